The van der Waals surface area contributed by atoms with Gasteiger partial charge in [0.2, 0.25) is 0 Å². The van der Waals surface area contributed by atoms with Crippen LogP contribution in [0, 0.1) is 5.92 Å². The molecule has 108 valence electrons. The molecular formula is C16H23N3S. The van der Waals surface area contributed by atoms with Crippen molar-refractivity contribution in [3.63, 3.8) is 0 Å². The molecule has 2 atom stereocenters. The molecule has 3 nitrogen and oxygen atoms in total. The molecule has 3 rings (SSSR count). The number of benzene rings is 1. The minimum atomic E-state index is 0.324. The fraction of sp³-hybridized carbons (Fsp3) is 0.562. The molecule has 2 aliphatic rings. The zero-order chi connectivity index (χ0) is 13.9. The average molecular weight is 289 g/mol. The molecule has 4 heteroatoms. The normalized spacial score (nSPS) is 25.4. The third kappa shape index (κ3) is 2.95. The van der Waals surface area contributed by atoms with Crippen LogP contribution in [0.2, 0.25) is 0 Å². The molecule has 1 saturated carbocycles. The van der Waals surface area contributed by atoms with Crippen LogP contribution in [0.25, 0.3) is 0 Å². The van der Waals surface area contributed by atoms with Crippen LogP contribution >= 0.6 is 11.8 Å². The van der Waals surface area contributed by atoms with Crippen LogP contribution in [0.15, 0.2) is 29.3 Å². The lowest BCUT2D eigenvalue weighted by atomic mass is 9.74. The smallest absolute Gasteiger partial charge is 0.154 e. The zero-order valence-corrected chi connectivity index (χ0v) is 12.6. The Morgan fingerprint density at radius 1 is 1.15 bits per heavy atom. The highest BCUT2D eigenvalue weighted by molar-refractivity contribution is 8.14. The van der Waals surface area contributed by atoms with E-state index in [-0.39, 0.29) is 0 Å². The molecule has 1 aromatic carbocycles. The van der Waals surface area contributed by atoms with Crippen molar-refractivity contribution < 1.29 is 0 Å². The first-order chi connectivity index (χ1) is 9.74. The summed E-state index contributed by atoms with van der Waals surface area (Å²) in [6.45, 7) is 0. The molecule has 0 aromatic heterocycles. The van der Waals surface area contributed by atoms with Crippen molar-refractivity contribution in [2.45, 2.75) is 44.1 Å². The molecule has 0 radical (unpaired) electrons. The third-order valence-corrected chi connectivity index (χ3v) is 5.47. The highest BCUT2D eigenvalue weighted by Crippen LogP contribution is 2.42. The molecule has 1 aromatic rings. The fourth-order valence-electron chi connectivity index (χ4n) is 3.66. The number of rotatable bonds is 3. The Labute approximate surface area is 125 Å². The molecule has 1 aliphatic heterocycles. The number of hydrogen-bond donors (Lipinski definition) is 2. The summed E-state index contributed by atoms with van der Waals surface area (Å²) in [6.07, 6.45) is 6.71. The number of thioether (sulfide) groups is 1. The summed E-state index contributed by atoms with van der Waals surface area (Å²) < 4.78 is 0. The Hall–Kier alpha value is -1.16. The van der Waals surface area contributed by atoms with Gasteiger partial charge in [-0.2, -0.15) is 0 Å². The van der Waals surface area contributed by atoms with Crippen LogP contribution in [-0.4, -0.2) is 17.0 Å². The number of nitrogens with zero attached hydrogens (tertiary/aromatic N) is 1. The summed E-state index contributed by atoms with van der Waals surface area (Å²) in [5.41, 5.74) is 14.1. The first-order valence-corrected chi connectivity index (χ1v) is 8.54. The van der Waals surface area contributed by atoms with Gasteiger partial charge in [0, 0.05) is 17.4 Å². The molecule has 0 saturated heterocycles. The monoisotopic (exact) mass is 289 g/mol. The lowest BCUT2D eigenvalue weighted by molar-refractivity contribution is 0.285. The SMILES string of the molecule is NC1=NC(C(c2cccc(N)c2)C2CCCCC2)CS1. The summed E-state index contributed by atoms with van der Waals surface area (Å²) in [4.78, 5) is 4.69. The van der Waals surface area contributed by atoms with Crippen molar-refractivity contribution in [1.29, 1.82) is 0 Å². The summed E-state index contributed by atoms with van der Waals surface area (Å²) in [7, 11) is 0. The molecule has 20 heavy (non-hydrogen) atoms. The maximum Gasteiger partial charge on any atom is 0.154 e. The lowest BCUT2D eigenvalue weighted by Gasteiger charge is -2.33. The van der Waals surface area contributed by atoms with Gasteiger partial charge in [-0.15, -0.1) is 0 Å². The predicted octanol–water partition coefficient (Wildman–Crippen LogP) is 3.36. The molecule has 0 spiro atoms. The zero-order valence-electron chi connectivity index (χ0n) is 11.8. The van der Waals surface area contributed by atoms with Crippen LogP contribution in [0.1, 0.15) is 43.6 Å². The number of nitrogens with two attached hydrogens (primary N) is 2. The van der Waals surface area contributed by atoms with Crippen molar-refractivity contribution in [2.75, 3.05) is 11.5 Å². The maximum absolute atomic E-state index is 5.99. The molecule has 1 aliphatic carbocycles. The van der Waals surface area contributed by atoms with Crippen molar-refractivity contribution >= 4 is 22.6 Å². The van der Waals surface area contributed by atoms with E-state index >= 15 is 0 Å². The summed E-state index contributed by atoms with van der Waals surface area (Å²) in [5, 5.41) is 0.750. The maximum atomic E-state index is 5.99. The van der Waals surface area contributed by atoms with Gasteiger partial charge in [0.1, 0.15) is 0 Å². The number of nitrogen functional groups attached to an aromatic ring is 1. The second-order valence-corrected chi connectivity index (χ2v) is 6.98. The second kappa shape index (κ2) is 6.08. The largest absolute Gasteiger partial charge is 0.399 e. The van der Waals surface area contributed by atoms with E-state index in [1.807, 2.05) is 6.07 Å². The van der Waals surface area contributed by atoms with Crippen LogP contribution < -0.4 is 11.5 Å². The minimum absolute atomic E-state index is 0.324. The van der Waals surface area contributed by atoms with Gasteiger partial charge in [-0.1, -0.05) is 43.2 Å². The van der Waals surface area contributed by atoms with Gasteiger partial charge in [0.05, 0.1) is 6.04 Å². The quantitative estimate of drug-likeness (QED) is 0.839. The predicted molar refractivity (Wildman–Crippen MR) is 88.0 cm³/mol. The number of amidine groups is 1. The Morgan fingerprint density at radius 2 is 1.95 bits per heavy atom. The highest BCUT2D eigenvalue weighted by Gasteiger charge is 2.34. The van der Waals surface area contributed by atoms with E-state index in [9.17, 15) is 0 Å². The third-order valence-electron chi connectivity index (χ3n) is 4.56. The Bertz CT molecular complexity index is 494. The van der Waals surface area contributed by atoms with E-state index < -0.39 is 0 Å². The van der Waals surface area contributed by atoms with Gasteiger partial charge in [-0.3, -0.25) is 4.99 Å². The van der Waals surface area contributed by atoms with E-state index in [1.54, 1.807) is 11.8 Å². The lowest BCUT2D eigenvalue weighted by Crippen LogP contribution is -2.27. The standard InChI is InChI=1S/C16H23N3S/c17-13-8-4-7-12(9-13)15(11-5-2-1-3-6-11)14-10-20-16(18)19-14/h4,7-9,11,14-15H,1-3,5-6,10,17H2,(H2,18,19). The summed E-state index contributed by atoms with van der Waals surface area (Å²) in [5.74, 6) is 2.22. The second-order valence-electron chi connectivity index (χ2n) is 5.94. The van der Waals surface area contributed by atoms with Gasteiger partial charge >= 0.3 is 0 Å². The Balaban J connectivity index is 1.90. The molecule has 1 fully saturated rings. The van der Waals surface area contributed by atoms with Crippen LogP contribution in [-0.2, 0) is 0 Å². The highest BCUT2D eigenvalue weighted by atomic mass is 32.2. The minimum Gasteiger partial charge on any atom is -0.399 e. The first-order valence-electron chi connectivity index (χ1n) is 7.55. The number of aliphatic imine (C=N–C) groups is 1. The summed E-state index contributed by atoms with van der Waals surface area (Å²) in [6, 6.07) is 8.70. The van der Waals surface area contributed by atoms with E-state index in [2.05, 4.69) is 23.2 Å². The van der Waals surface area contributed by atoms with E-state index in [0.717, 1.165) is 22.5 Å². The molecule has 4 N–H and O–H groups in total. The van der Waals surface area contributed by atoms with Crippen molar-refractivity contribution in [1.82, 2.24) is 0 Å². The van der Waals surface area contributed by atoms with Crippen LogP contribution in [0.3, 0.4) is 0 Å². The Kier molecular flexibility index (Phi) is 4.20. The fourth-order valence-corrected chi connectivity index (χ4v) is 4.49. The summed E-state index contributed by atoms with van der Waals surface area (Å²) >= 11 is 1.69. The van der Waals surface area contributed by atoms with Crippen molar-refractivity contribution in [3.8, 4) is 0 Å². The van der Waals surface area contributed by atoms with Crippen LogP contribution in [0.5, 0.6) is 0 Å². The number of hydrogen-bond acceptors (Lipinski definition) is 4. The Morgan fingerprint density at radius 3 is 2.60 bits per heavy atom. The molecule has 0 bridgehead atoms. The van der Waals surface area contributed by atoms with Gasteiger partial charge in [-0.25, -0.2) is 0 Å². The van der Waals surface area contributed by atoms with Gasteiger partial charge < -0.3 is 11.5 Å². The van der Waals surface area contributed by atoms with Crippen LogP contribution in [0.4, 0.5) is 5.69 Å². The molecule has 1 heterocycles. The van der Waals surface area contributed by atoms with Gasteiger partial charge in [-0.05, 0) is 36.5 Å². The van der Waals surface area contributed by atoms with Crippen molar-refractivity contribution in [2.24, 2.45) is 16.6 Å². The van der Waals surface area contributed by atoms with E-state index in [0.29, 0.717) is 12.0 Å². The van der Waals surface area contributed by atoms with E-state index in [4.69, 9.17) is 11.5 Å². The van der Waals surface area contributed by atoms with Crippen molar-refractivity contribution in [3.05, 3.63) is 29.8 Å². The average Bonchev–Trinajstić information content (AvgIpc) is 2.87. The molecule has 0 amide bonds. The topological polar surface area (TPSA) is 64.4 Å². The first kappa shape index (κ1) is 13.8. The molecular weight excluding hydrogens is 266 g/mol. The van der Waals surface area contributed by atoms with Gasteiger partial charge in [0.15, 0.2) is 5.17 Å². The molecule has 2 unspecified atom stereocenters. The van der Waals surface area contributed by atoms with Gasteiger partial charge in [0.25, 0.3) is 0 Å². The van der Waals surface area contributed by atoms with E-state index in [1.165, 1.54) is 37.7 Å². The number of anilines is 1.